The highest BCUT2D eigenvalue weighted by Gasteiger charge is 2.58. The number of amides is 3. The molecular weight excluding hydrogens is 823 g/mol. The molecule has 2 aliphatic carbocycles. The number of alkyl carbamates (subject to hydrolysis) is 1. The fourth-order valence-electron chi connectivity index (χ4n) is 11.3. The van der Waals surface area contributed by atoms with E-state index in [1.807, 2.05) is 49.9 Å². The second-order valence-corrected chi connectivity index (χ2v) is 19.6. The Hall–Kier alpha value is -6.02. The van der Waals surface area contributed by atoms with Crippen LogP contribution in [-0.4, -0.2) is 98.2 Å². The number of likely N-dealkylation sites (tertiary alicyclic amines) is 2. The van der Waals surface area contributed by atoms with Gasteiger partial charge in [0.2, 0.25) is 11.8 Å². The molecule has 2 saturated carbocycles. The van der Waals surface area contributed by atoms with Gasteiger partial charge in [-0.3, -0.25) is 14.4 Å². The molecule has 0 radical (unpaired) electrons. The van der Waals surface area contributed by atoms with Crippen molar-refractivity contribution in [1.82, 2.24) is 35.1 Å². The molecule has 1 unspecified atom stereocenters. The number of aromatic amines is 2. The van der Waals surface area contributed by atoms with Gasteiger partial charge < -0.3 is 39.3 Å². The van der Waals surface area contributed by atoms with E-state index in [-0.39, 0.29) is 72.4 Å². The Kier molecular flexibility index (Phi) is 11.3. The third-order valence-corrected chi connectivity index (χ3v) is 14.9. The standard InChI is InChI=1S/C51H59N7O7/c1-26(2)38(23-45(59)63-5)49(60)57-41-19-35(41)21-43(57)47-52-24-39(54-47)30-9-7-29(8-10-30)31-11-12-33-18-34(14-13-32(33)17-31)40-25-53-48(55-40)44-22-36-20-42(36)58(44)50(61)46(56-51(62)64-6)37-15-27(3)65-28(4)16-37/h7-14,17-18,24-28,35-38,41-44,46H,15-16,19-23H2,1-6H3,(H,52,54)(H,53,55)(H,56,62)/t27-,28+,35-,36-,37+,38+,41-,42-,43+,44+,46?/m1/s1. The topological polar surface area (TPSA) is 172 Å². The monoisotopic (exact) mass is 881 g/mol. The second kappa shape index (κ2) is 17.1. The number of methoxy groups -OCH3 is 2. The summed E-state index contributed by atoms with van der Waals surface area (Å²) in [6, 6.07) is 20.6. The summed E-state index contributed by atoms with van der Waals surface area (Å²) in [4.78, 5) is 73.8. The Labute approximate surface area is 379 Å². The Balaban J connectivity index is 0.821. The van der Waals surface area contributed by atoms with Gasteiger partial charge in [0.1, 0.15) is 17.7 Å². The highest BCUT2D eigenvalue weighted by molar-refractivity contribution is 5.91. The number of nitrogens with zero attached hydrogens (tertiary/aromatic N) is 4. The van der Waals surface area contributed by atoms with Crippen LogP contribution < -0.4 is 5.32 Å². The fraction of sp³-hybridized carbons (Fsp3) is 0.490. The lowest BCUT2D eigenvalue weighted by atomic mass is 9.85. The highest BCUT2D eigenvalue weighted by Crippen LogP contribution is 2.55. The van der Waals surface area contributed by atoms with Gasteiger partial charge in [0.15, 0.2) is 0 Å². The molecule has 3 N–H and O–H groups in total. The van der Waals surface area contributed by atoms with Crippen LogP contribution in [0.5, 0.6) is 0 Å². The number of carbonyl (C=O) groups excluding carboxylic acids is 4. The number of esters is 1. The molecule has 3 amide bonds. The molecule has 14 nitrogen and oxygen atoms in total. The number of fused-ring (bicyclic) bond motifs is 3. The molecular formula is C51H59N7O7. The third kappa shape index (κ3) is 8.30. The van der Waals surface area contributed by atoms with E-state index in [9.17, 15) is 19.2 Å². The summed E-state index contributed by atoms with van der Waals surface area (Å²) in [5, 5.41) is 5.11. The third-order valence-electron chi connectivity index (χ3n) is 14.9. The number of rotatable bonds is 12. The molecule has 3 aromatic carbocycles. The number of benzene rings is 3. The van der Waals surface area contributed by atoms with E-state index in [2.05, 4.69) is 75.9 Å². The van der Waals surface area contributed by atoms with Crippen LogP contribution in [0.3, 0.4) is 0 Å². The predicted octanol–water partition coefficient (Wildman–Crippen LogP) is 8.37. The van der Waals surface area contributed by atoms with Crippen LogP contribution in [0.25, 0.3) is 44.4 Å². The van der Waals surface area contributed by atoms with Crippen LogP contribution in [-0.2, 0) is 28.6 Å². The zero-order chi connectivity index (χ0) is 45.3. The van der Waals surface area contributed by atoms with Gasteiger partial charge in [-0.15, -0.1) is 0 Å². The fourth-order valence-corrected chi connectivity index (χ4v) is 11.3. The number of carbonyl (C=O) groups is 4. The van der Waals surface area contributed by atoms with E-state index in [0.29, 0.717) is 24.7 Å². The Bertz CT molecular complexity index is 2610. The summed E-state index contributed by atoms with van der Waals surface area (Å²) in [5.74, 6) is 1.53. The quantitative estimate of drug-likeness (QED) is 0.104. The van der Waals surface area contributed by atoms with Gasteiger partial charge >= 0.3 is 12.1 Å². The van der Waals surface area contributed by atoms with Crippen molar-refractivity contribution in [3.8, 4) is 33.6 Å². The zero-order valence-corrected chi connectivity index (χ0v) is 38.0. The average molecular weight is 882 g/mol. The zero-order valence-electron chi connectivity index (χ0n) is 38.0. The van der Waals surface area contributed by atoms with Crippen LogP contribution in [0.4, 0.5) is 4.79 Å². The van der Waals surface area contributed by atoms with Crippen molar-refractivity contribution in [1.29, 1.82) is 0 Å². The van der Waals surface area contributed by atoms with E-state index < -0.39 is 18.1 Å². The summed E-state index contributed by atoms with van der Waals surface area (Å²) in [6.07, 6.45) is 8.20. The smallest absolute Gasteiger partial charge is 0.407 e. The molecule has 0 bridgehead atoms. The van der Waals surface area contributed by atoms with Crippen molar-refractivity contribution in [3.63, 3.8) is 0 Å². The highest BCUT2D eigenvalue weighted by atomic mass is 16.5. The molecule has 5 heterocycles. The van der Waals surface area contributed by atoms with Crippen molar-refractivity contribution in [2.45, 2.75) is 115 Å². The van der Waals surface area contributed by atoms with Gasteiger partial charge in [-0.1, -0.05) is 62.4 Å². The SMILES string of the molecule is COC(=O)C[C@H](C(=O)N1[C@@H]2C[C@@H]2C[C@H]1c1ncc(-c2ccc(-c3ccc4cc(-c5cnc([C@@H]6C[C@H]7C[C@H]7N6C(=O)C(NC(=O)OC)[C@H]6C[C@@H](C)O[C@@H](C)C6)[nH]5)ccc4c3)cc2)[nH]1)C(C)C. The summed E-state index contributed by atoms with van der Waals surface area (Å²) >= 11 is 0. The molecule has 5 aromatic rings. The molecule has 0 spiro atoms. The number of nitrogens with one attached hydrogen (secondary N) is 3. The van der Waals surface area contributed by atoms with Gasteiger partial charge in [0.25, 0.3) is 0 Å². The maximum absolute atomic E-state index is 14.5. The first kappa shape index (κ1) is 42.9. The first-order valence-electron chi connectivity index (χ1n) is 23.3. The number of ether oxygens (including phenoxy) is 3. The summed E-state index contributed by atoms with van der Waals surface area (Å²) in [7, 11) is 2.69. The van der Waals surface area contributed by atoms with Crippen LogP contribution in [0.1, 0.15) is 96.4 Å². The number of aromatic nitrogens is 4. The normalized spacial score (nSPS) is 27.5. The predicted molar refractivity (Wildman–Crippen MR) is 244 cm³/mol. The number of piperidine rings is 2. The molecule has 65 heavy (non-hydrogen) atoms. The van der Waals surface area contributed by atoms with E-state index in [1.165, 1.54) is 14.2 Å². The van der Waals surface area contributed by atoms with Crippen LogP contribution in [0.2, 0.25) is 0 Å². The van der Waals surface area contributed by atoms with Gasteiger partial charge in [0, 0.05) is 17.6 Å². The Morgan fingerprint density at radius 1 is 0.692 bits per heavy atom. The number of hydrogen-bond acceptors (Lipinski definition) is 9. The molecule has 14 heteroatoms. The van der Waals surface area contributed by atoms with Gasteiger partial charge in [-0.25, -0.2) is 14.8 Å². The maximum atomic E-state index is 14.5. The second-order valence-electron chi connectivity index (χ2n) is 19.6. The number of H-pyrrole nitrogens is 2. The van der Waals surface area contributed by atoms with Crippen molar-refractivity contribution in [3.05, 3.63) is 84.7 Å². The Morgan fingerprint density at radius 2 is 1.22 bits per heavy atom. The van der Waals surface area contributed by atoms with E-state index in [4.69, 9.17) is 24.2 Å². The summed E-state index contributed by atoms with van der Waals surface area (Å²) in [6.45, 7) is 8.01. The van der Waals surface area contributed by atoms with Crippen molar-refractivity contribution in [2.75, 3.05) is 14.2 Å². The minimum absolute atomic E-state index is 0.00941. The van der Waals surface area contributed by atoms with Crippen LogP contribution in [0.15, 0.2) is 73.1 Å². The minimum atomic E-state index is -0.705. The van der Waals surface area contributed by atoms with Gasteiger partial charge in [0.05, 0.1) is 74.6 Å². The van der Waals surface area contributed by atoms with E-state index in [1.54, 1.807) is 0 Å². The molecule has 3 aliphatic heterocycles. The molecule has 10 rings (SSSR count). The van der Waals surface area contributed by atoms with Crippen molar-refractivity contribution >= 4 is 34.6 Å². The lowest BCUT2D eigenvalue weighted by Crippen LogP contribution is -2.55. The van der Waals surface area contributed by atoms with Crippen LogP contribution in [0, 0.1) is 29.6 Å². The summed E-state index contributed by atoms with van der Waals surface area (Å²) < 4.78 is 15.9. The van der Waals surface area contributed by atoms with Gasteiger partial charge in [-0.2, -0.15) is 0 Å². The van der Waals surface area contributed by atoms with Crippen molar-refractivity contribution < 1.29 is 33.4 Å². The minimum Gasteiger partial charge on any atom is -0.469 e. The van der Waals surface area contributed by atoms with E-state index >= 15 is 0 Å². The van der Waals surface area contributed by atoms with Crippen molar-refractivity contribution in [2.24, 2.45) is 29.6 Å². The largest absolute Gasteiger partial charge is 0.469 e. The lowest BCUT2D eigenvalue weighted by molar-refractivity contribution is -0.149. The molecule has 11 atom stereocenters. The number of hydrogen-bond donors (Lipinski definition) is 3. The molecule has 5 aliphatic rings. The molecule has 5 fully saturated rings. The first-order chi connectivity index (χ1) is 31.4. The Morgan fingerprint density at radius 3 is 1.78 bits per heavy atom. The molecule has 2 aromatic heterocycles. The van der Waals surface area contributed by atoms with E-state index in [0.717, 1.165) is 81.7 Å². The molecule has 340 valence electrons. The lowest BCUT2D eigenvalue weighted by Gasteiger charge is -2.38. The summed E-state index contributed by atoms with van der Waals surface area (Å²) in [5.41, 5.74) is 5.99. The van der Waals surface area contributed by atoms with Crippen LogP contribution >= 0.6 is 0 Å². The molecule has 3 saturated heterocycles. The first-order valence-corrected chi connectivity index (χ1v) is 23.3. The average Bonchev–Trinajstić information content (AvgIpc) is 3.89. The van der Waals surface area contributed by atoms with Gasteiger partial charge in [-0.05, 0) is 116 Å². The number of imidazole rings is 2. The maximum Gasteiger partial charge on any atom is 0.407 e.